The van der Waals surface area contributed by atoms with Gasteiger partial charge in [-0.15, -0.1) is 0 Å². The SMILES string of the molecule is C=C(O[C@@H]1O[C@H](CO)[C@@H](O)[C@H](O)[C@H]1O)C(=O)OCC. The van der Waals surface area contributed by atoms with E-state index in [-0.39, 0.29) is 6.61 Å². The van der Waals surface area contributed by atoms with Gasteiger partial charge in [-0.05, 0) is 13.5 Å². The molecule has 1 aliphatic heterocycles. The van der Waals surface area contributed by atoms with Gasteiger partial charge in [0.05, 0.1) is 13.2 Å². The van der Waals surface area contributed by atoms with Crippen molar-refractivity contribution in [3.8, 4) is 0 Å². The van der Waals surface area contributed by atoms with Crippen LogP contribution in [0.5, 0.6) is 0 Å². The highest BCUT2D eigenvalue weighted by Gasteiger charge is 2.45. The second kappa shape index (κ2) is 6.83. The Morgan fingerprint density at radius 2 is 1.89 bits per heavy atom. The molecule has 4 N–H and O–H groups in total. The molecule has 110 valence electrons. The fraction of sp³-hybridized carbons (Fsp3) is 0.727. The molecule has 8 heteroatoms. The standard InChI is InChI=1S/C11H18O8/c1-3-17-10(16)5(2)18-11-9(15)8(14)7(13)6(4-12)19-11/h6-9,11-15H,2-4H2,1H3/t6-,7-,8+,9-,11-/m1/s1. The molecule has 1 aliphatic rings. The number of rotatable bonds is 5. The van der Waals surface area contributed by atoms with Crippen molar-refractivity contribution in [1.29, 1.82) is 0 Å². The average Bonchev–Trinajstić information content (AvgIpc) is 2.39. The highest BCUT2D eigenvalue weighted by molar-refractivity contribution is 5.85. The first-order chi connectivity index (χ1) is 8.92. The highest BCUT2D eigenvalue weighted by atomic mass is 16.7. The third-order valence-corrected chi connectivity index (χ3v) is 2.61. The summed E-state index contributed by atoms with van der Waals surface area (Å²) in [6, 6.07) is 0. The summed E-state index contributed by atoms with van der Waals surface area (Å²) in [7, 11) is 0. The maximum absolute atomic E-state index is 11.3. The molecule has 0 aliphatic carbocycles. The van der Waals surface area contributed by atoms with Crippen LogP contribution in [0, 0.1) is 0 Å². The molecule has 19 heavy (non-hydrogen) atoms. The zero-order valence-electron chi connectivity index (χ0n) is 10.4. The Kier molecular flexibility index (Phi) is 5.70. The van der Waals surface area contributed by atoms with Crippen LogP contribution in [0.25, 0.3) is 0 Å². The molecule has 0 amide bonds. The number of aliphatic hydroxyl groups is 4. The Labute approximate surface area is 109 Å². The molecule has 0 bridgehead atoms. The van der Waals surface area contributed by atoms with E-state index in [1.807, 2.05) is 0 Å². The van der Waals surface area contributed by atoms with Crippen molar-refractivity contribution >= 4 is 5.97 Å². The summed E-state index contributed by atoms with van der Waals surface area (Å²) in [5.74, 6) is -1.24. The number of carbonyl (C=O) groups is 1. The van der Waals surface area contributed by atoms with E-state index in [2.05, 4.69) is 11.3 Å². The Morgan fingerprint density at radius 1 is 1.26 bits per heavy atom. The van der Waals surface area contributed by atoms with Crippen molar-refractivity contribution in [3.63, 3.8) is 0 Å². The van der Waals surface area contributed by atoms with Crippen LogP contribution >= 0.6 is 0 Å². The van der Waals surface area contributed by atoms with Crippen LogP contribution in [0.2, 0.25) is 0 Å². The normalized spacial score (nSPS) is 34.7. The lowest BCUT2D eigenvalue weighted by atomic mass is 9.99. The molecule has 0 aromatic heterocycles. The summed E-state index contributed by atoms with van der Waals surface area (Å²) in [5, 5.41) is 37.7. The summed E-state index contributed by atoms with van der Waals surface area (Å²) in [5.41, 5.74) is 0. The molecule has 1 saturated heterocycles. The van der Waals surface area contributed by atoms with Gasteiger partial charge < -0.3 is 34.6 Å². The third-order valence-electron chi connectivity index (χ3n) is 2.61. The largest absolute Gasteiger partial charge is 0.460 e. The van der Waals surface area contributed by atoms with Gasteiger partial charge in [0, 0.05) is 0 Å². The minimum absolute atomic E-state index is 0.121. The quantitative estimate of drug-likeness (QED) is 0.255. The van der Waals surface area contributed by atoms with Gasteiger partial charge in [0.15, 0.2) is 0 Å². The maximum atomic E-state index is 11.3. The Balaban J connectivity index is 2.66. The number of carbonyl (C=O) groups excluding carboxylic acids is 1. The van der Waals surface area contributed by atoms with Crippen LogP contribution in [0.3, 0.4) is 0 Å². The fourth-order valence-corrected chi connectivity index (χ4v) is 1.56. The Hall–Kier alpha value is -1.19. The van der Waals surface area contributed by atoms with Crippen LogP contribution < -0.4 is 0 Å². The minimum Gasteiger partial charge on any atom is -0.460 e. The molecule has 0 saturated carbocycles. The maximum Gasteiger partial charge on any atom is 0.373 e. The van der Waals surface area contributed by atoms with Crippen LogP contribution in [0.4, 0.5) is 0 Å². The fourth-order valence-electron chi connectivity index (χ4n) is 1.56. The molecular formula is C11H18O8. The van der Waals surface area contributed by atoms with Crippen molar-refractivity contribution in [2.75, 3.05) is 13.2 Å². The van der Waals surface area contributed by atoms with Gasteiger partial charge in [0.2, 0.25) is 12.0 Å². The second-order valence-electron chi connectivity index (χ2n) is 3.96. The molecule has 0 aromatic carbocycles. The monoisotopic (exact) mass is 278 g/mol. The number of hydrogen-bond acceptors (Lipinski definition) is 8. The van der Waals surface area contributed by atoms with E-state index in [4.69, 9.17) is 14.6 Å². The van der Waals surface area contributed by atoms with Gasteiger partial charge in [0.25, 0.3) is 0 Å². The predicted octanol–water partition coefficient (Wildman–Crippen LogP) is -2.12. The molecule has 1 heterocycles. The van der Waals surface area contributed by atoms with Crippen molar-refractivity contribution in [1.82, 2.24) is 0 Å². The first-order valence-corrected chi connectivity index (χ1v) is 5.75. The van der Waals surface area contributed by atoms with Crippen molar-refractivity contribution < 1.29 is 39.4 Å². The van der Waals surface area contributed by atoms with Gasteiger partial charge in [-0.2, -0.15) is 0 Å². The van der Waals surface area contributed by atoms with Gasteiger partial charge in [0.1, 0.15) is 24.4 Å². The van der Waals surface area contributed by atoms with Crippen molar-refractivity contribution in [2.45, 2.75) is 37.6 Å². The lowest BCUT2D eigenvalue weighted by Gasteiger charge is -2.39. The van der Waals surface area contributed by atoms with Crippen molar-refractivity contribution in [2.24, 2.45) is 0 Å². The average molecular weight is 278 g/mol. The lowest BCUT2D eigenvalue weighted by Crippen LogP contribution is -2.59. The number of hydrogen-bond donors (Lipinski definition) is 4. The molecule has 0 radical (unpaired) electrons. The third kappa shape index (κ3) is 3.64. The number of ether oxygens (including phenoxy) is 3. The van der Waals surface area contributed by atoms with Crippen molar-refractivity contribution in [3.05, 3.63) is 12.3 Å². The molecule has 8 nitrogen and oxygen atoms in total. The van der Waals surface area contributed by atoms with Gasteiger partial charge in [-0.1, -0.05) is 0 Å². The Morgan fingerprint density at radius 3 is 2.42 bits per heavy atom. The zero-order valence-corrected chi connectivity index (χ0v) is 10.4. The minimum atomic E-state index is -1.59. The van der Waals surface area contributed by atoms with E-state index in [1.54, 1.807) is 6.92 Å². The van der Waals surface area contributed by atoms with E-state index in [1.165, 1.54) is 0 Å². The van der Waals surface area contributed by atoms with E-state index in [0.717, 1.165) is 0 Å². The van der Waals surface area contributed by atoms with Crippen LogP contribution in [0.1, 0.15) is 6.92 Å². The Bertz CT molecular complexity index is 329. The van der Waals surface area contributed by atoms with Crippen LogP contribution in [0.15, 0.2) is 12.3 Å². The predicted molar refractivity (Wildman–Crippen MR) is 60.6 cm³/mol. The highest BCUT2D eigenvalue weighted by Crippen LogP contribution is 2.23. The van der Waals surface area contributed by atoms with Gasteiger partial charge in [-0.25, -0.2) is 4.79 Å². The first kappa shape index (κ1) is 15.9. The molecule has 5 atom stereocenters. The van der Waals surface area contributed by atoms with Crippen LogP contribution in [-0.4, -0.2) is 70.3 Å². The molecule has 1 fully saturated rings. The molecule has 0 unspecified atom stereocenters. The lowest BCUT2D eigenvalue weighted by molar-refractivity contribution is -0.291. The van der Waals surface area contributed by atoms with Gasteiger partial charge >= 0.3 is 5.97 Å². The summed E-state index contributed by atoms with van der Waals surface area (Å²) in [6.07, 6.45) is -7.21. The van der Waals surface area contributed by atoms with E-state index < -0.39 is 49.0 Å². The van der Waals surface area contributed by atoms with Crippen LogP contribution in [-0.2, 0) is 19.0 Å². The molecular weight excluding hydrogens is 260 g/mol. The first-order valence-electron chi connectivity index (χ1n) is 5.75. The van der Waals surface area contributed by atoms with E-state index in [9.17, 15) is 20.1 Å². The number of esters is 1. The van der Waals surface area contributed by atoms with Gasteiger partial charge in [-0.3, -0.25) is 0 Å². The summed E-state index contributed by atoms with van der Waals surface area (Å²) >= 11 is 0. The topological polar surface area (TPSA) is 126 Å². The summed E-state index contributed by atoms with van der Waals surface area (Å²) in [4.78, 5) is 11.3. The zero-order chi connectivity index (χ0) is 14.6. The smallest absolute Gasteiger partial charge is 0.373 e. The molecule has 0 aromatic rings. The molecule has 0 spiro atoms. The van der Waals surface area contributed by atoms with E-state index >= 15 is 0 Å². The summed E-state index contributed by atoms with van der Waals surface area (Å²) in [6.45, 7) is 4.43. The second-order valence-corrected chi connectivity index (χ2v) is 3.96. The van der Waals surface area contributed by atoms with E-state index in [0.29, 0.717) is 0 Å². The molecule has 1 rings (SSSR count). The summed E-state index contributed by atoms with van der Waals surface area (Å²) < 4.78 is 14.6. The number of aliphatic hydroxyl groups excluding tert-OH is 4.